The van der Waals surface area contributed by atoms with E-state index in [0.717, 1.165) is 0 Å². The van der Waals surface area contributed by atoms with Crippen LogP contribution in [-0.4, -0.2) is 93.5 Å². The summed E-state index contributed by atoms with van der Waals surface area (Å²) < 4.78 is 36.2. The molecule has 0 heterocycles. The van der Waals surface area contributed by atoms with Gasteiger partial charge in [-0.1, -0.05) is 0 Å². The van der Waals surface area contributed by atoms with E-state index in [-0.39, 0.29) is 0 Å². The Kier molecular flexibility index (Phi) is 19.5. The van der Waals surface area contributed by atoms with Gasteiger partial charge in [-0.25, -0.2) is 0 Å². The Hall–Kier alpha value is -0.280. The molecular formula is C14H30O7. The van der Waals surface area contributed by atoms with Crippen molar-refractivity contribution in [2.75, 3.05) is 93.5 Å². The van der Waals surface area contributed by atoms with Crippen LogP contribution < -0.4 is 0 Å². The van der Waals surface area contributed by atoms with Gasteiger partial charge in [0.15, 0.2) is 0 Å². The molecule has 21 heavy (non-hydrogen) atoms. The fourth-order valence-electron chi connectivity index (χ4n) is 1.27. The molecule has 0 spiro atoms. The van der Waals surface area contributed by atoms with E-state index in [9.17, 15) is 0 Å². The molecule has 128 valence electrons. The van der Waals surface area contributed by atoms with Gasteiger partial charge in [0.25, 0.3) is 0 Å². The molecule has 0 aliphatic carbocycles. The Morgan fingerprint density at radius 1 is 0.333 bits per heavy atom. The molecule has 0 radical (unpaired) electrons. The molecule has 0 N–H and O–H groups in total. The molecular weight excluding hydrogens is 280 g/mol. The highest BCUT2D eigenvalue weighted by molar-refractivity contribution is 4.36. The van der Waals surface area contributed by atoms with Crippen LogP contribution in [0.2, 0.25) is 0 Å². The predicted molar refractivity (Wildman–Crippen MR) is 77.8 cm³/mol. The number of rotatable bonds is 18. The van der Waals surface area contributed by atoms with Crippen molar-refractivity contribution in [1.29, 1.82) is 0 Å². The molecule has 0 bridgehead atoms. The second-order valence-electron chi connectivity index (χ2n) is 4.05. The Morgan fingerprint density at radius 2 is 0.524 bits per heavy atom. The Bertz CT molecular complexity index is 163. The summed E-state index contributed by atoms with van der Waals surface area (Å²) >= 11 is 0. The van der Waals surface area contributed by atoms with Gasteiger partial charge in [-0.2, -0.15) is 0 Å². The van der Waals surface area contributed by atoms with Gasteiger partial charge in [0.1, 0.15) is 0 Å². The van der Waals surface area contributed by atoms with E-state index in [0.29, 0.717) is 79.3 Å². The van der Waals surface area contributed by atoms with Gasteiger partial charge in [0.05, 0.1) is 79.3 Å². The summed E-state index contributed by atoms with van der Waals surface area (Å²) in [6.07, 6.45) is 0. The van der Waals surface area contributed by atoms with Crippen molar-refractivity contribution in [2.24, 2.45) is 0 Å². The highest BCUT2D eigenvalue weighted by Gasteiger charge is 1.93. The monoisotopic (exact) mass is 310 g/mol. The van der Waals surface area contributed by atoms with E-state index < -0.39 is 0 Å². The summed E-state index contributed by atoms with van der Waals surface area (Å²) in [7, 11) is 3.30. The molecule has 0 aliphatic rings. The fraction of sp³-hybridized carbons (Fsp3) is 1.00. The first kappa shape index (κ1) is 20.7. The lowest BCUT2D eigenvalue weighted by Gasteiger charge is -2.07. The van der Waals surface area contributed by atoms with E-state index in [4.69, 9.17) is 33.2 Å². The third kappa shape index (κ3) is 19.7. The van der Waals surface area contributed by atoms with Gasteiger partial charge in [0, 0.05) is 14.2 Å². The number of methoxy groups -OCH3 is 2. The first-order chi connectivity index (χ1) is 10.4. The van der Waals surface area contributed by atoms with Crippen LogP contribution in [0, 0.1) is 0 Å². The van der Waals surface area contributed by atoms with E-state index >= 15 is 0 Å². The summed E-state index contributed by atoms with van der Waals surface area (Å²) in [5.74, 6) is 0. The maximum absolute atomic E-state index is 5.35. The lowest BCUT2D eigenvalue weighted by Crippen LogP contribution is -2.14. The topological polar surface area (TPSA) is 64.6 Å². The molecule has 0 unspecified atom stereocenters. The van der Waals surface area contributed by atoms with Gasteiger partial charge >= 0.3 is 0 Å². The van der Waals surface area contributed by atoms with Crippen molar-refractivity contribution in [1.82, 2.24) is 0 Å². The molecule has 0 rings (SSSR count). The zero-order valence-electron chi connectivity index (χ0n) is 13.3. The van der Waals surface area contributed by atoms with E-state index in [1.54, 1.807) is 14.2 Å². The quantitative estimate of drug-likeness (QED) is 0.339. The zero-order valence-corrected chi connectivity index (χ0v) is 13.3. The van der Waals surface area contributed by atoms with Crippen molar-refractivity contribution in [3.8, 4) is 0 Å². The second kappa shape index (κ2) is 19.7. The van der Waals surface area contributed by atoms with Crippen molar-refractivity contribution >= 4 is 0 Å². The van der Waals surface area contributed by atoms with Crippen LogP contribution in [0.5, 0.6) is 0 Å². The summed E-state index contributed by atoms with van der Waals surface area (Å²) in [5.41, 5.74) is 0. The molecule has 7 nitrogen and oxygen atoms in total. The SMILES string of the molecule is COCCOCCOCCOCCOCCOCCOC. The Labute approximate surface area is 127 Å². The minimum Gasteiger partial charge on any atom is -0.382 e. The highest BCUT2D eigenvalue weighted by Crippen LogP contribution is 1.84. The zero-order chi connectivity index (χ0) is 15.4. The standard InChI is InChI=1S/C14H30O7/c1-15-3-5-17-7-9-19-11-13-21-14-12-20-10-8-18-6-4-16-2/h3-14H2,1-2H3. The Morgan fingerprint density at radius 3 is 0.714 bits per heavy atom. The minimum absolute atomic E-state index is 0.561. The maximum atomic E-state index is 5.35. The van der Waals surface area contributed by atoms with Crippen LogP contribution >= 0.6 is 0 Å². The first-order valence-corrected chi connectivity index (χ1v) is 7.28. The normalized spacial score (nSPS) is 11.1. The average molecular weight is 310 g/mol. The number of hydrogen-bond donors (Lipinski definition) is 0. The van der Waals surface area contributed by atoms with E-state index in [2.05, 4.69) is 0 Å². The van der Waals surface area contributed by atoms with E-state index in [1.807, 2.05) is 0 Å². The van der Waals surface area contributed by atoms with Gasteiger partial charge in [0.2, 0.25) is 0 Å². The fourth-order valence-corrected chi connectivity index (χ4v) is 1.27. The summed E-state index contributed by atoms with van der Waals surface area (Å²) in [5, 5.41) is 0. The lowest BCUT2D eigenvalue weighted by molar-refractivity contribution is -0.0174. The second-order valence-corrected chi connectivity index (χ2v) is 4.05. The molecule has 0 aromatic rings. The first-order valence-electron chi connectivity index (χ1n) is 7.28. The predicted octanol–water partition coefficient (Wildman–Crippen LogP) is 0.362. The molecule has 0 aromatic carbocycles. The van der Waals surface area contributed by atoms with Crippen LogP contribution in [0.4, 0.5) is 0 Å². The van der Waals surface area contributed by atoms with Crippen molar-refractivity contribution < 1.29 is 33.2 Å². The number of ether oxygens (including phenoxy) is 7. The van der Waals surface area contributed by atoms with E-state index in [1.165, 1.54) is 0 Å². The molecule has 0 amide bonds. The van der Waals surface area contributed by atoms with Gasteiger partial charge in [-0.3, -0.25) is 0 Å². The molecule has 0 atom stereocenters. The smallest absolute Gasteiger partial charge is 0.0701 e. The van der Waals surface area contributed by atoms with Gasteiger partial charge in [-0.15, -0.1) is 0 Å². The van der Waals surface area contributed by atoms with Crippen LogP contribution in [0.25, 0.3) is 0 Å². The van der Waals surface area contributed by atoms with Gasteiger partial charge < -0.3 is 33.2 Å². The maximum Gasteiger partial charge on any atom is 0.0701 e. The van der Waals surface area contributed by atoms with Crippen molar-refractivity contribution in [2.45, 2.75) is 0 Å². The molecule has 0 saturated carbocycles. The van der Waals surface area contributed by atoms with Crippen LogP contribution in [-0.2, 0) is 33.2 Å². The largest absolute Gasteiger partial charge is 0.382 e. The van der Waals surface area contributed by atoms with Crippen LogP contribution in [0.15, 0.2) is 0 Å². The molecule has 0 saturated heterocycles. The number of hydrogen-bond acceptors (Lipinski definition) is 7. The third-order valence-electron chi connectivity index (χ3n) is 2.35. The minimum atomic E-state index is 0.561. The molecule has 7 heteroatoms. The van der Waals surface area contributed by atoms with Crippen molar-refractivity contribution in [3.63, 3.8) is 0 Å². The summed E-state index contributed by atoms with van der Waals surface area (Å²) in [6.45, 7) is 6.97. The molecule has 0 fully saturated rings. The van der Waals surface area contributed by atoms with Gasteiger partial charge in [-0.05, 0) is 0 Å². The molecule has 0 aliphatic heterocycles. The van der Waals surface area contributed by atoms with Crippen LogP contribution in [0.3, 0.4) is 0 Å². The molecule has 0 aromatic heterocycles. The average Bonchev–Trinajstić information content (AvgIpc) is 2.50. The van der Waals surface area contributed by atoms with Crippen LogP contribution in [0.1, 0.15) is 0 Å². The van der Waals surface area contributed by atoms with Crippen molar-refractivity contribution in [3.05, 3.63) is 0 Å². The summed E-state index contributed by atoms with van der Waals surface area (Å²) in [4.78, 5) is 0. The highest BCUT2D eigenvalue weighted by atomic mass is 16.6. The third-order valence-corrected chi connectivity index (χ3v) is 2.35. The lowest BCUT2D eigenvalue weighted by atomic mass is 10.7. The summed E-state index contributed by atoms with van der Waals surface area (Å²) in [6, 6.07) is 0. The Balaban J connectivity index is 2.90.